The van der Waals surface area contributed by atoms with Crippen molar-refractivity contribution in [1.82, 2.24) is 19.9 Å². The Bertz CT molecular complexity index is 2290. The highest BCUT2D eigenvalue weighted by atomic mass is 32.2. The third-order valence-electron chi connectivity index (χ3n) is 11.5. The molecule has 0 aliphatic rings. The number of imidazole rings is 1. The van der Waals surface area contributed by atoms with Crippen LogP contribution in [0.5, 0.6) is 0 Å². The van der Waals surface area contributed by atoms with E-state index in [1.807, 2.05) is 45.0 Å². The summed E-state index contributed by atoms with van der Waals surface area (Å²) in [6.07, 6.45) is 1.16. The molecule has 0 aliphatic carbocycles. The van der Waals surface area contributed by atoms with Gasteiger partial charge in [0.15, 0.2) is 11.6 Å². The van der Waals surface area contributed by atoms with Gasteiger partial charge in [-0.25, -0.2) is 9.97 Å². The standard InChI is InChI=1S/C51H77N7O15S/c1-4-68-32-44-57-47-48(40-13-5-6-14-41(40)56-49(47)53)58(44)34-51(2,3)73-20-9-11-36(59)10-7-15-42(63)43(29-46(65)66)74-33-35(50(54)67)28-37(60)18-21-70-23-25-72-27-26-71-24-22-69-19-8-12-39(62)31-55-45(64)17-16-38(61)30-52/h5-6,13-14,35,43H,4,7-12,15-34,52H2,1-3H3,(H2,53,56)(H2,54,67)(H,55,64)(H,65,66). The number of carboxylic acid groups (broad SMARTS) is 1. The molecule has 22 nitrogen and oxygen atoms in total. The fraction of sp³-hybridized carbons (Fsp3) is 0.647. The van der Waals surface area contributed by atoms with E-state index < -0.39 is 35.1 Å². The van der Waals surface area contributed by atoms with Crippen molar-refractivity contribution in [1.29, 1.82) is 0 Å². The molecule has 2 heterocycles. The highest BCUT2D eigenvalue weighted by Gasteiger charge is 2.28. The van der Waals surface area contributed by atoms with Gasteiger partial charge >= 0.3 is 5.97 Å². The number of fused-ring (bicyclic) bond motifs is 3. The Morgan fingerprint density at radius 2 is 1.36 bits per heavy atom. The Labute approximate surface area is 436 Å². The molecule has 3 aromatic rings. The van der Waals surface area contributed by atoms with Crippen LogP contribution < -0.4 is 22.5 Å². The molecule has 2 aromatic heterocycles. The SMILES string of the molecule is CCOCc1nc2c(N)nc3ccccc3c2n1CC(C)(C)OCCCC(=O)CCCC(=O)C(CC(=O)O)SCC(CC(=O)CCOCCOCCOCCOCCCC(=O)CNC(=O)CCC(=O)CN)C(N)=O. The molecule has 0 fully saturated rings. The van der Waals surface area contributed by atoms with Gasteiger partial charge in [0.2, 0.25) is 11.8 Å². The number of thioether (sulfide) groups is 1. The fourth-order valence-corrected chi connectivity index (χ4v) is 8.80. The summed E-state index contributed by atoms with van der Waals surface area (Å²) in [7, 11) is 0. The van der Waals surface area contributed by atoms with Crippen LogP contribution in [0.25, 0.3) is 21.9 Å². The maximum atomic E-state index is 13.2. The average Bonchev–Trinajstić information content (AvgIpc) is 3.72. The van der Waals surface area contributed by atoms with Gasteiger partial charge in [-0.2, -0.15) is 0 Å². The topological polar surface area (TPSA) is 333 Å². The minimum atomic E-state index is -1.20. The van der Waals surface area contributed by atoms with E-state index in [9.17, 15) is 43.5 Å². The largest absolute Gasteiger partial charge is 0.481 e. The van der Waals surface area contributed by atoms with Crippen molar-refractivity contribution < 1.29 is 71.9 Å². The van der Waals surface area contributed by atoms with Crippen LogP contribution in [-0.2, 0) is 79.9 Å². The van der Waals surface area contributed by atoms with Crippen molar-refractivity contribution in [2.75, 3.05) is 90.6 Å². The van der Waals surface area contributed by atoms with Crippen molar-refractivity contribution in [3.8, 4) is 0 Å². The zero-order valence-corrected chi connectivity index (χ0v) is 44.0. The predicted octanol–water partition coefficient (Wildman–Crippen LogP) is 3.45. The maximum Gasteiger partial charge on any atom is 0.304 e. The van der Waals surface area contributed by atoms with Crippen molar-refractivity contribution in [3.05, 3.63) is 30.1 Å². The molecule has 2 unspecified atom stereocenters. The smallest absolute Gasteiger partial charge is 0.304 e. The van der Waals surface area contributed by atoms with Gasteiger partial charge in [-0.1, -0.05) is 18.2 Å². The number of aromatic nitrogens is 3. The Morgan fingerprint density at radius 1 is 0.730 bits per heavy atom. The van der Waals surface area contributed by atoms with Crippen LogP contribution in [0.4, 0.5) is 5.82 Å². The number of nitrogen functional groups attached to an aromatic ring is 1. The van der Waals surface area contributed by atoms with Crippen molar-refractivity contribution in [3.63, 3.8) is 0 Å². The molecule has 8 N–H and O–H groups in total. The first-order valence-corrected chi connectivity index (χ1v) is 26.2. The van der Waals surface area contributed by atoms with Crippen LogP contribution in [0.3, 0.4) is 0 Å². The lowest BCUT2D eigenvalue weighted by Crippen LogP contribution is -2.32. The molecule has 3 rings (SSSR count). The second-order valence-electron chi connectivity index (χ2n) is 18.2. The molecule has 0 radical (unpaired) electrons. The van der Waals surface area contributed by atoms with Gasteiger partial charge in [0.05, 0.1) is 100 Å². The monoisotopic (exact) mass is 1060 g/mol. The lowest BCUT2D eigenvalue weighted by Gasteiger charge is -2.27. The highest BCUT2D eigenvalue weighted by molar-refractivity contribution is 8.00. The molecule has 412 valence electrons. The number of Topliss-reactive ketones (excluding diaryl/α,β-unsaturated/α-hetero) is 5. The van der Waals surface area contributed by atoms with Crippen molar-refractivity contribution in [2.24, 2.45) is 17.4 Å². The first-order chi connectivity index (χ1) is 35.4. The van der Waals surface area contributed by atoms with Crippen molar-refractivity contribution >= 4 is 86.2 Å². The van der Waals surface area contributed by atoms with Gasteiger partial charge in [0.1, 0.15) is 41.1 Å². The van der Waals surface area contributed by atoms with Crippen molar-refractivity contribution in [2.45, 2.75) is 122 Å². The molecule has 23 heteroatoms. The van der Waals surface area contributed by atoms with Crippen LogP contribution in [0.2, 0.25) is 0 Å². The van der Waals surface area contributed by atoms with E-state index in [2.05, 4.69) is 14.9 Å². The van der Waals surface area contributed by atoms with E-state index in [-0.39, 0.29) is 138 Å². The minimum absolute atomic E-state index is 0.00212. The second-order valence-corrected chi connectivity index (χ2v) is 19.4. The maximum absolute atomic E-state index is 13.2. The first kappa shape index (κ1) is 63.0. The number of nitrogens with zero attached hydrogens (tertiary/aromatic N) is 3. The number of pyridine rings is 1. The first-order valence-electron chi connectivity index (χ1n) is 25.2. The number of amides is 2. The third kappa shape index (κ3) is 24.8. The number of ketones is 5. The zero-order chi connectivity index (χ0) is 54.3. The molecule has 2 amide bonds. The third-order valence-corrected chi connectivity index (χ3v) is 12.9. The molecule has 0 spiro atoms. The van der Waals surface area contributed by atoms with E-state index in [1.54, 1.807) is 0 Å². The zero-order valence-electron chi connectivity index (χ0n) is 43.2. The number of benzene rings is 1. The quantitative estimate of drug-likeness (QED) is 0.0506. The Balaban J connectivity index is 1.26. The lowest BCUT2D eigenvalue weighted by molar-refractivity contribution is -0.138. The Morgan fingerprint density at radius 3 is 2.03 bits per heavy atom. The second kappa shape index (κ2) is 35.1. The van der Waals surface area contributed by atoms with Gasteiger partial charge in [-0.15, -0.1) is 11.8 Å². The highest BCUT2D eigenvalue weighted by Crippen LogP contribution is 2.31. The van der Waals surface area contributed by atoms with Gasteiger partial charge < -0.3 is 60.6 Å². The number of para-hydroxylation sites is 1. The molecule has 2 atom stereocenters. The number of primary amides is 1. The summed E-state index contributed by atoms with van der Waals surface area (Å²) in [6, 6.07) is 7.71. The number of nitrogens with two attached hydrogens (primary N) is 3. The number of ether oxygens (including phenoxy) is 6. The molecule has 0 aliphatic heterocycles. The van der Waals surface area contributed by atoms with Gasteiger partial charge in [0.25, 0.3) is 0 Å². The summed E-state index contributed by atoms with van der Waals surface area (Å²) < 4.78 is 35.9. The van der Waals surface area contributed by atoms with E-state index in [4.69, 9.17) is 50.6 Å². The number of nitrogens with one attached hydrogen (secondary N) is 1. The summed E-state index contributed by atoms with van der Waals surface area (Å²) in [4.78, 5) is 107. The summed E-state index contributed by atoms with van der Waals surface area (Å²) in [5.74, 6) is -3.29. The number of carbonyl (C=O) groups is 8. The fourth-order valence-electron chi connectivity index (χ4n) is 7.49. The number of hydrogen-bond donors (Lipinski definition) is 5. The number of anilines is 1. The number of aliphatic carboxylic acids is 1. The minimum Gasteiger partial charge on any atom is -0.481 e. The van der Waals surface area contributed by atoms with E-state index in [0.717, 1.165) is 28.2 Å². The molecular weight excluding hydrogens is 983 g/mol. The summed E-state index contributed by atoms with van der Waals surface area (Å²) >= 11 is 0.972. The summed E-state index contributed by atoms with van der Waals surface area (Å²) in [6.45, 7) is 9.34. The Kier molecular flexibility index (Phi) is 29.9. The predicted molar refractivity (Wildman–Crippen MR) is 277 cm³/mol. The molecule has 74 heavy (non-hydrogen) atoms. The molecule has 1 aromatic carbocycles. The van der Waals surface area contributed by atoms with Crippen LogP contribution >= 0.6 is 11.8 Å². The lowest BCUT2D eigenvalue weighted by atomic mass is 10.0. The van der Waals surface area contributed by atoms with E-state index in [0.29, 0.717) is 82.8 Å². The summed E-state index contributed by atoms with van der Waals surface area (Å²) in [5.41, 5.74) is 18.7. The van der Waals surface area contributed by atoms with E-state index >= 15 is 0 Å². The molecular formula is C51H77N7O15S. The van der Waals surface area contributed by atoms with E-state index in [1.165, 1.54) is 0 Å². The molecule has 0 saturated carbocycles. The normalized spacial score (nSPS) is 12.5. The number of carbonyl (C=O) groups excluding carboxylic acids is 7. The van der Waals surface area contributed by atoms with Crippen LogP contribution in [0.1, 0.15) is 104 Å². The van der Waals surface area contributed by atoms with Gasteiger partial charge in [0, 0.05) is 82.3 Å². The average molecular weight is 1060 g/mol. The Hall–Kier alpha value is -5.27. The number of carboxylic acids is 1. The van der Waals surface area contributed by atoms with Crippen LogP contribution in [-0.4, -0.2) is 162 Å². The molecule has 0 saturated heterocycles. The van der Waals surface area contributed by atoms with Crippen LogP contribution in [0, 0.1) is 5.92 Å². The number of rotatable bonds is 45. The van der Waals surface area contributed by atoms with Gasteiger partial charge in [-0.05, 0) is 46.1 Å². The molecule has 0 bridgehead atoms. The van der Waals surface area contributed by atoms with Gasteiger partial charge in [-0.3, -0.25) is 38.4 Å². The summed E-state index contributed by atoms with van der Waals surface area (Å²) in [5, 5.41) is 11.9. The van der Waals surface area contributed by atoms with Crippen LogP contribution in [0.15, 0.2) is 24.3 Å². The number of hydrogen-bond acceptors (Lipinski definition) is 19.